The van der Waals surface area contributed by atoms with Crippen LogP contribution in [0.5, 0.6) is 0 Å². The molecule has 1 fully saturated rings. The van der Waals surface area contributed by atoms with E-state index >= 15 is 0 Å². The molecule has 6 nitrogen and oxygen atoms in total. The lowest BCUT2D eigenvalue weighted by molar-refractivity contribution is -0.148. The molecule has 0 unspecified atom stereocenters. The smallest absolute Gasteiger partial charge is 0.326 e. The zero-order chi connectivity index (χ0) is 12.3. The van der Waals surface area contributed by atoms with Gasteiger partial charge in [0.15, 0.2) is 0 Å². The van der Waals surface area contributed by atoms with Crippen LogP contribution in [0.15, 0.2) is 0 Å². The quantitative estimate of drug-likeness (QED) is 0.635. The number of amides is 1. The summed E-state index contributed by atoms with van der Waals surface area (Å²) in [6.07, 6.45) is 0.477. The number of carbonyl (C=O) groups is 2. The first-order valence-electron chi connectivity index (χ1n) is 5.30. The number of carboxylic acids is 1. The molecule has 0 bridgehead atoms. The van der Waals surface area contributed by atoms with Crippen LogP contribution in [0.3, 0.4) is 0 Å². The number of nitrogens with one attached hydrogen (secondary N) is 1. The molecule has 2 N–H and O–H groups in total. The molecule has 1 aliphatic heterocycles. The highest BCUT2D eigenvalue weighted by molar-refractivity contribution is 5.85. The number of nitrogens with zero attached hydrogens (tertiary/aromatic N) is 2. The number of likely N-dealkylation sites (tertiary alicyclic amines) is 1. The molecule has 0 aliphatic carbocycles. The zero-order valence-electron chi connectivity index (χ0n) is 9.93. The normalized spacial score (nSPS) is 25.1. The minimum atomic E-state index is -0.926. The molecule has 1 heterocycles. The summed E-state index contributed by atoms with van der Waals surface area (Å²) in [7, 11) is 5.36. The summed E-state index contributed by atoms with van der Waals surface area (Å²) in [6.45, 7) is 0.723. The van der Waals surface area contributed by atoms with E-state index in [0.717, 1.165) is 0 Å². The molecular weight excluding hydrogens is 210 g/mol. The van der Waals surface area contributed by atoms with Crippen LogP contribution in [-0.2, 0) is 9.59 Å². The molecule has 16 heavy (non-hydrogen) atoms. The average molecular weight is 229 g/mol. The highest BCUT2D eigenvalue weighted by Gasteiger charge is 2.38. The van der Waals surface area contributed by atoms with Crippen molar-refractivity contribution in [2.75, 3.05) is 34.2 Å². The number of likely N-dealkylation sites (N-methyl/N-ethyl adjacent to an activating group) is 2. The Labute approximate surface area is 95.2 Å². The van der Waals surface area contributed by atoms with E-state index in [9.17, 15) is 9.59 Å². The van der Waals surface area contributed by atoms with Crippen molar-refractivity contribution in [3.8, 4) is 0 Å². The van der Waals surface area contributed by atoms with E-state index in [2.05, 4.69) is 5.32 Å². The summed E-state index contributed by atoms with van der Waals surface area (Å²) in [5.74, 6) is -1.06. The van der Waals surface area contributed by atoms with Gasteiger partial charge in [0.25, 0.3) is 0 Å². The molecule has 0 aromatic carbocycles. The molecule has 0 saturated carbocycles. The Balaban J connectivity index is 2.69. The second kappa shape index (κ2) is 5.27. The molecule has 2 atom stereocenters. The summed E-state index contributed by atoms with van der Waals surface area (Å²) in [5.41, 5.74) is 0. The van der Waals surface area contributed by atoms with Crippen LogP contribution >= 0.6 is 0 Å². The van der Waals surface area contributed by atoms with E-state index in [1.807, 2.05) is 0 Å². The van der Waals surface area contributed by atoms with E-state index in [1.54, 1.807) is 26.0 Å². The third-order valence-electron chi connectivity index (χ3n) is 2.77. The largest absolute Gasteiger partial charge is 0.480 e. The molecule has 6 heteroatoms. The lowest BCUT2D eigenvalue weighted by Crippen LogP contribution is -2.44. The van der Waals surface area contributed by atoms with Crippen molar-refractivity contribution < 1.29 is 14.7 Å². The van der Waals surface area contributed by atoms with Gasteiger partial charge in [-0.1, -0.05) is 0 Å². The summed E-state index contributed by atoms with van der Waals surface area (Å²) >= 11 is 0. The Morgan fingerprint density at radius 3 is 2.56 bits per heavy atom. The highest BCUT2D eigenvalue weighted by atomic mass is 16.4. The van der Waals surface area contributed by atoms with Gasteiger partial charge in [-0.25, -0.2) is 4.79 Å². The third-order valence-corrected chi connectivity index (χ3v) is 2.77. The van der Waals surface area contributed by atoms with E-state index in [0.29, 0.717) is 13.0 Å². The van der Waals surface area contributed by atoms with Crippen molar-refractivity contribution in [2.45, 2.75) is 18.5 Å². The molecular formula is C10H19N3O3. The van der Waals surface area contributed by atoms with Crippen LogP contribution in [0, 0.1) is 0 Å². The number of hydrogen-bond acceptors (Lipinski definition) is 4. The summed E-state index contributed by atoms with van der Waals surface area (Å²) in [5, 5.41) is 12.1. The first-order chi connectivity index (χ1) is 7.45. The van der Waals surface area contributed by atoms with Crippen LogP contribution in [0.4, 0.5) is 0 Å². The van der Waals surface area contributed by atoms with Gasteiger partial charge < -0.3 is 20.2 Å². The first-order valence-corrected chi connectivity index (χ1v) is 5.30. The fourth-order valence-corrected chi connectivity index (χ4v) is 1.92. The monoisotopic (exact) mass is 229 g/mol. The molecule has 92 valence electrons. The molecule has 0 aromatic heterocycles. The second-order valence-corrected chi connectivity index (χ2v) is 4.36. The van der Waals surface area contributed by atoms with Crippen LogP contribution in [0.2, 0.25) is 0 Å². The first kappa shape index (κ1) is 12.9. The maximum absolute atomic E-state index is 11.8. The zero-order valence-corrected chi connectivity index (χ0v) is 9.93. The van der Waals surface area contributed by atoms with Gasteiger partial charge in [-0.2, -0.15) is 0 Å². The Bertz CT molecular complexity index is 280. The molecule has 1 aliphatic rings. The molecule has 1 amide bonds. The number of hydrogen-bond donors (Lipinski definition) is 2. The fraction of sp³-hybridized carbons (Fsp3) is 0.800. The average Bonchev–Trinajstić information content (AvgIpc) is 2.60. The summed E-state index contributed by atoms with van der Waals surface area (Å²) < 4.78 is 0. The van der Waals surface area contributed by atoms with E-state index in [1.165, 1.54) is 4.90 Å². The number of rotatable bonds is 4. The van der Waals surface area contributed by atoms with Gasteiger partial charge in [0.1, 0.15) is 6.04 Å². The van der Waals surface area contributed by atoms with Crippen molar-refractivity contribution in [1.29, 1.82) is 0 Å². The Hall–Kier alpha value is -1.14. The maximum Gasteiger partial charge on any atom is 0.326 e. The number of aliphatic carboxylic acids is 1. The van der Waals surface area contributed by atoms with Gasteiger partial charge in [-0.05, 0) is 27.6 Å². The minimum Gasteiger partial charge on any atom is -0.480 e. The van der Waals surface area contributed by atoms with Crippen molar-refractivity contribution in [3.63, 3.8) is 0 Å². The summed E-state index contributed by atoms with van der Waals surface area (Å²) in [6, 6.07) is -0.614. The SMILES string of the molecule is CN[C@@H]1C[C@@H](C(=O)O)N(C(=O)CN(C)C)C1. The van der Waals surface area contributed by atoms with Crippen molar-refractivity contribution in [2.24, 2.45) is 0 Å². The lowest BCUT2D eigenvalue weighted by Gasteiger charge is -2.23. The predicted octanol–water partition coefficient (Wildman–Crippen LogP) is -1.18. The van der Waals surface area contributed by atoms with Gasteiger partial charge in [0, 0.05) is 12.6 Å². The Morgan fingerprint density at radius 2 is 2.12 bits per heavy atom. The summed E-state index contributed by atoms with van der Waals surface area (Å²) in [4.78, 5) is 26.0. The topological polar surface area (TPSA) is 72.9 Å². The van der Waals surface area contributed by atoms with Gasteiger partial charge in [-0.15, -0.1) is 0 Å². The Kier molecular flexibility index (Phi) is 4.26. The fourth-order valence-electron chi connectivity index (χ4n) is 1.92. The molecule has 0 radical (unpaired) electrons. The van der Waals surface area contributed by atoms with Crippen LogP contribution in [-0.4, -0.2) is 73.1 Å². The maximum atomic E-state index is 11.8. The Morgan fingerprint density at radius 1 is 1.50 bits per heavy atom. The van der Waals surface area contributed by atoms with Gasteiger partial charge in [0.05, 0.1) is 6.54 Å². The van der Waals surface area contributed by atoms with E-state index < -0.39 is 12.0 Å². The molecule has 1 saturated heterocycles. The molecule has 0 aromatic rings. The highest BCUT2D eigenvalue weighted by Crippen LogP contribution is 2.18. The third kappa shape index (κ3) is 2.93. The van der Waals surface area contributed by atoms with Crippen molar-refractivity contribution >= 4 is 11.9 Å². The molecule has 0 spiro atoms. The predicted molar refractivity (Wildman–Crippen MR) is 59.2 cm³/mol. The van der Waals surface area contributed by atoms with E-state index in [-0.39, 0.29) is 18.5 Å². The van der Waals surface area contributed by atoms with Crippen LogP contribution in [0.25, 0.3) is 0 Å². The minimum absolute atomic E-state index is 0.0761. The second-order valence-electron chi connectivity index (χ2n) is 4.36. The van der Waals surface area contributed by atoms with Gasteiger partial charge in [0.2, 0.25) is 5.91 Å². The van der Waals surface area contributed by atoms with E-state index in [4.69, 9.17) is 5.11 Å². The van der Waals surface area contributed by atoms with Gasteiger partial charge >= 0.3 is 5.97 Å². The van der Waals surface area contributed by atoms with Crippen molar-refractivity contribution in [3.05, 3.63) is 0 Å². The van der Waals surface area contributed by atoms with Gasteiger partial charge in [-0.3, -0.25) is 4.79 Å². The van der Waals surface area contributed by atoms with Crippen LogP contribution < -0.4 is 5.32 Å². The lowest BCUT2D eigenvalue weighted by atomic mass is 10.2. The standard InChI is InChI=1S/C10H19N3O3/c1-11-7-4-8(10(15)16)13(5-7)9(14)6-12(2)3/h7-8,11H,4-6H2,1-3H3,(H,15,16)/t7-,8+/m1/s1. The molecule has 1 rings (SSSR count). The number of carboxylic acid groups (broad SMARTS) is 1. The number of carbonyl (C=O) groups excluding carboxylic acids is 1. The van der Waals surface area contributed by atoms with Crippen LogP contribution in [0.1, 0.15) is 6.42 Å². The van der Waals surface area contributed by atoms with Crippen molar-refractivity contribution in [1.82, 2.24) is 15.1 Å².